The third-order valence-corrected chi connectivity index (χ3v) is 2.37. The molecule has 1 aromatic carbocycles. The van der Waals surface area contributed by atoms with Crippen molar-refractivity contribution in [1.29, 1.82) is 0 Å². The lowest BCUT2D eigenvalue weighted by Gasteiger charge is -2.13. The van der Waals surface area contributed by atoms with Crippen LogP contribution in [0.2, 0.25) is 0 Å². The van der Waals surface area contributed by atoms with Crippen molar-refractivity contribution in [2.24, 2.45) is 0 Å². The van der Waals surface area contributed by atoms with Gasteiger partial charge in [0.15, 0.2) is 0 Å². The monoisotopic (exact) mass is 255 g/mol. The van der Waals surface area contributed by atoms with E-state index in [0.717, 1.165) is 6.07 Å². The summed E-state index contributed by atoms with van der Waals surface area (Å²) in [6, 6.07) is 8.28. The molecule has 0 aliphatic heterocycles. The number of pyridine rings is 1. The molecular weight excluding hydrogens is 247 g/mol. The first-order valence-electron chi connectivity index (χ1n) is 4.98. The summed E-state index contributed by atoms with van der Waals surface area (Å²) < 4.78 is 38.4. The van der Waals surface area contributed by atoms with Crippen molar-refractivity contribution in [3.63, 3.8) is 0 Å². The topological polar surface area (TPSA) is 53.1 Å². The van der Waals surface area contributed by atoms with Crippen molar-refractivity contribution < 1.29 is 18.3 Å². The zero-order valence-corrected chi connectivity index (χ0v) is 8.95. The molecule has 0 aliphatic carbocycles. The molecule has 94 valence electrons. The fourth-order valence-corrected chi connectivity index (χ4v) is 1.66. The molecule has 0 bridgehead atoms. The number of aromatic nitrogens is 1. The molecule has 0 saturated carbocycles. The van der Waals surface area contributed by atoms with E-state index < -0.39 is 28.7 Å². The summed E-state index contributed by atoms with van der Waals surface area (Å²) in [5, 5.41) is 9.57. The number of aromatic amines is 1. The van der Waals surface area contributed by atoms with Gasteiger partial charge in [-0.15, -0.1) is 0 Å². The number of benzene rings is 1. The normalized spacial score (nSPS) is 11.5. The summed E-state index contributed by atoms with van der Waals surface area (Å²) in [5.74, 6) is -0.697. The number of alkyl halides is 3. The van der Waals surface area contributed by atoms with Gasteiger partial charge in [-0.1, -0.05) is 30.3 Å². The second kappa shape index (κ2) is 4.21. The van der Waals surface area contributed by atoms with Crippen molar-refractivity contribution in [2.45, 2.75) is 6.18 Å². The molecular formula is C12H8F3NO2. The van der Waals surface area contributed by atoms with Gasteiger partial charge in [0.2, 0.25) is 0 Å². The molecule has 0 atom stereocenters. The average molecular weight is 255 g/mol. The van der Waals surface area contributed by atoms with E-state index in [1.54, 1.807) is 23.2 Å². The Kier molecular flexibility index (Phi) is 2.86. The maximum atomic E-state index is 12.8. The summed E-state index contributed by atoms with van der Waals surface area (Å²) >= 11 is 0. The van der Waals surface area contributed by atoms with Gasteiger partial charge in [-0.25, -0.2) is 0 Å². The molecule has 2 aromatic rings. The third kappa shape index (κ3) is 2.22. The first-order chi connectivity index (χ1) is 8.39. The first-order valence-corrected chi connectivity index (χ1v) is 4.98. The minimum Gasteiger partial charge on any atom is -0.507 e. The Bertz CT molecular complexity index is 617. The minimum absolute atomic E-state index is 0.179. The van der Waals surface area contributed by atoms with Crippen LogP contribution in [0.5, 0.6) is 5.75 Å². The van der Waals surface area contributed by atoms with Crippen LogP contribution >= 0.6 is 0 Å². The van der Waals surface area contributed by atoms with E-state index in [1.165, 1.54) is 12.1 Å². The molecule has 0 radical (unpaired) electrons. The molecule has 0 saturated heterocycles. The molecule has 2 N–H and O–H groups in total. The van der Waals surface area contributed by atoms with Crippen molar-refractivity contribution in [1.82, 2.24) is 4.98 Å². The number of hydrogen-bond acceptors (Lipinski definition) is 2. The zero-order chi connectivity index (χ0) is 13.3. The lowest BCUT2D eigenvalue weighted by molar-refractivity contribution is -0.140. The van der Waals surface area contributed by atoms with Crippen LogP contribution < -0.4 is 5.56 Å². The molecule has 1 heterocycles. The number of halogens is 3. The van der Waals surface area contributed by atoms with E-state index in [0.29, 0.717) is 0 Å². The maximum Gasteiger partial charge on any atom is 0.432 e. The van der Waals surface area contributed by atoms with Gasteiger partial charge < -0.3 is 10.1 Å². The van der Waals surface area contributed by atoms with Crippen LogP contribution in [0, 0.1) is 0 Å². The van der Waals surface area contributed by atoms with Crippen LogP contribution in [-0.2, 0) is 6.18 Å². The Balaban J connectivity index is 2.78. The largest absolute Gasteiger partial charge is 0.507 e. The van der Waals surface area contributed by atoms with E-state index in [1.807, 2.05) is 0 Å². The molecule has 6 heteroatoms. The molecule has 0 unspecified atom stereocenters. The standard InChI is InChI=1S/C12H8F3NO2/c13-12(14,15)11-10(7-4-2-1-3-5-7)8(17)6-9(18)16-11/h1-6H,(H2,16,17,18). The van der Waals surface area contributed by atoms with Gasteiger partial charge in [-0.2, -0.15) is 13.2 Å². The molecule has 18 heavy (non-hydrogen) atoms. The van der Waals surface area contributed by atoms with Gasteiger partial charge in [0, 0.05) is 6.07 Å². The fourth-order valence-electron chi connectivity index (χ4n) is 1.66. The van der Waals surface area contributed by atoms with E-state index >= 15 is 0 Å². The zero-order valence-electron chi connectivity index (χ0n) is 8.95. The minimum atomic E-state index is -4.75. The van der Waals surface area contributed by atoms with Crippen LogP contribution in [0.4, 0.5) is 13.2 Å². The molecule has 0 aliphatic rings. The van der Waals surface area contributed by atoms with E-state index in [4.69, 9.17) is 0 Å². The lowest BCUT2D eigenvalue weighted by Crippen LogP contribution is -2.17. The highest BCUT2D eigenvalue weighted by molar-refractivity contribution is 5.72. The summed E-state index contributed by atoms with van der Waals surface area (Å²) in [6.07, 6.45) is -4.75. The van der Waals surface area contributed by atoms with Crippen LogP contribution in [0.15, 0.2) is 41.2 Å². The van der Waals surface area contributed by atoms with Crippen LogP contribution in [0.3, 0.4) is 0 Å². The van der Waals surface area contributed by atoms with Crippen molar-refractivity contribution in [3.05, 3.63) is 52.4 Å². The fraction of sp³-hybridized carbons (Fsp3) is 0.0833. The van der Waals surface area contributed by atoms with E-state index in [9.17, 15) is 23.1 Å². The number of rotatable bonds is 1. The van der Waals surface area contributed by atoms with Crippen molar-refractivity contribution in [2.75, 3.05) is 0 Å². The molecule has 2 rings (SSSR count). The van der Waals surface area contributed by atoms with Gasteiger partial charge in [0.05, 0.1) is 5.56 Å². The van der Waals surface area contributed by atoms with Crippen LogP contribution in [-0.4, -0.2) is 10.1 Å². The van der Waals surface area contributed by atoms with Gasteiger partial charge >= 0.3 is 6.18 Å². The highest BCUT2D eigenvalue weighted by Gasteiger charge is 2.36. The summed E-state index contributed by atoms with van der Waals surface area (Å²) in [5.41, 5.74) is -2.50. The molecule has 0 spiro atoms. The van der Waals surface area contributed by atoms with E-state index in [2.05, 4.69) is 0 Å². The van der Waals surface area contributed by atoms with Gasteiger partial charge in [-0.3, -0.25) is 4.79 Å². The number of aromatic hydroxyl groups is 1. The SMILES string of the molecule is O=c1cc(O)c(-c2ccccc2)c(C(F)(F)F)[nH]1. The Morgan fingerprint density at radius 2 is 1.72 bits per heavy atom. The van der Waals surface area contributed by atoms with E-state index in [-0.39, 0.29) is 5.56 Å². The van der Waals surface area contributed by atoms with Gasteiger partial charge in [-0.05, 0) is 5.56 Å². The average Bonchev–Trinajstić information content (AvgIpc) is 2.28. The molecule has 3 nitrogen and oxygen atoms in total. The molecule has 0 amide bonds. The Morgan fingerprint density at radius 1 is 1.11 bits per heavy atom. The molecule has 0 fully saturated rings. The summed E-state index contributed by atoms with van der Waals surface area (Å²) in [6.45, 7) is 0. The van der Waals surface area contributed by atoms with Gasteiger partial charge in [0.25, 0.3) is 5.56 Å². The predicted molar refractivity (Wildman–Crippen MR) is 59.2 cm³/mol. The van der Waals surface area contributed by atoms with Crippen molar-refractivity contribution in [3.8, 4) is 16.9 Å². The highest BCUT2D eigenvalue weighted by Crippen LogP contribution is 2.39. The Morgan fingerprint density at radius 3 is 2.28 bits per heavy atom. The highest BCUT2D eigenvalue weighted by atomic mass is 19.4. The number of hydrogen-bond donors (Lipinski definition) is 2. The van der Waals surface area contributed by atoms with Crippen molar-refractivity contribution >= 4 is 0 Å². The Labute approximate surface area is 99.5 Å². The lowest BCUT2D eigenvalue weighted by atomic mass is 10.0. The maximum absolute atomic E-state index is 12.8. The second-order valence-electron chi connectivity index (χ2n) is 3.63. The summed E-state index contributed by atoms with van der Waals surface area (Å²) in [4.78, 5) is 12.7. The quantitative estimate of drug-likeness (QED) is 0.823. The summed E-state index contributed by atoms with van der Waals surface area (Å²) in [7, 11) is 0. The molecule has 1 aromatic heterocycles. The third-order valence-electron chi connectivity index (χ3n) is 2.37. The van der Waals surface area contributed by atoms with Crippen LogP contribution in [0.25, 0.3) is 11.1 Å². The smallest absolute Gasteiger partial charge is 0.432 e. The van der Waals surface area contributed by atoms with Crippen LogP contribution in [0.1, 0.15) is 5.69 Å². The number of H-pyrrole nitrogens is 1. The van der Waals surface area contributed by atoms with Gasteiger partial charge in [0.1, 0.15) is 11.4 Å². The second-order valence-corrected chi connectivity index (χ2v) is 3.63. The predicted octanol–water partition coefficient (Wildman–Crippen LogP) is 2.77. The number of nitrogens with one attached hydrogen (secondary N) is 1. The Hall–Kier alpha value is -2.24. The first kappa shape index (κ1) is 12.2.